The molecule has 0 N–H and O–H groups in total. The van der Waals surface area contributed by atoms with Crippen LogP contribution in [0.5, 0.6) is 5.75 Å². The van der Waals surface area contributed by atoms with Gasteiger partial charge in [0, 0.05) is 5.02 Å². The molecule has 0 unspecified atom stereocenters. The maximum atomic E-state index is 12.8. The number of esters is 1. The Morgan fingerprint density at radius 3 is 2.30 bits per heavy atom. The fourth-order valence-corrected chi connectivity index (χ4v) is 4.23. The van der Waals surface area contributed by atoms with Gasteiger partial charge in [0.2, 0.25) is 0 Å². The van der Waals surface area contributed by atoms with E-state index in [9.17, 15) is 9.59 Å². The van der Waals surface area contributed by atoms with Crippen LogP contribution in [0, 0.1) is 0 Å². The lowest BCUT2D eigenvalue weighted by Gasteiger charge is -2.13. The van der Waals surface area contributed by atoms with Crippen molar-refractivity contribution in [3.63, 3.8) is 0 Å². The van der Waals surface area contributed by atoms with Crippen LogP contribution in [0.4, 0.5) is 5.69 Å². The van der Waals surface area contributed by atoms with Crippen molar-refractivity contribution < 1.29 is 14.3 Å². The number of hydrogen-bond acceptors (Lipinski definition) is 5. The lowest BCUT2D eigenvalue weighted by Crippen LogP contribution is -2.27. The van der Waals surface area contributed by atoms with Gasteiger partial charge in [-0.05, 0) is 60.2 Å². The van der Waals surface area contributed by atoms with Crippen LogP contribution in [0.2, 0.25) is 5.02 Å². The number of hydrogen-bond donors (Lipinski definition) is 0. The number of rotatable bonds is 4. The monoisotopic (exact) mass is 451 g/mol. The van der Waals surface area contributed by atoms with Gasteiger partial charge in [-0.2, -0.15) is 0 Å². The molecule has 0 saturated carbocycles. The number of para-hydroxylation sites is 1. The first-order chi connectivity index (χ1) is 14.5. The predicted octanol–water partition coefficient (Wildman–Crippen LogP) is 5.97. The molecule has 3 aromatic carbocycles. The second-order valence-electron chi connectivity index (χ2n) is 6.32. The first-order valence-corrected chi connectivity index (χ1v) is 10.5. The Balaban J connectivity index is 1.47. The molecule has 148 valence electrons. The van der Waals surface area contributed by atoms with Crippen molar-refractivity contribution in [1.29, 1.82) is 0 Å². The third-order valence-corrected chi connectivity index (χ3v) is 5.83. The van der Waals surface area contributed by atoms with Gasteiger partial charge in [-0.3, -0.25) is 9.69 Å². The summed E-state index contributed by atoms with van der Waals surface area (Å²) in [5, 5.41) is 0.550. The number of carbonyl (C=O) groups is 2. The van der Waals surface area contributed by atoms with Gasteiger partial charge in [-0.15, -0.1) is 0 Å². The molecule has 0 spiro atoms. The molecule has 0 atom stereocenters. The summed E-state index contributed by atoms with van der Waals surface area (Å²) in [5.74, 6) is -0.221. The van der Waals surface area contributed by atoms with Gasteiger partial charge in [0.05, 0.1) is 16.2 Å². The number of ether oxygens (including phenoxy) is 1. The van der Waals surface area contributed by atoms with E-state index in [-0.39, 0.29) is 5.91 Å². The number of thioether (sulfide) groups is 1. The molecule has 4 rings (SSSR count). The summed E-state index contributed by atoms with van der Waals surface area (Å²) in [6.45, 7) is 0. The van der Waals surface area contributed by atoms with Crippen LogP contribution in [0.3, 0.4) is 0 Å². The largest absolute Gasteiger partial charge is 0.423 e. The zero-order chi connectivity index (χ0) is 21.1. The topological polar surface area (TPSA) is 46.6 Å². The second-order valence-corrected chi connectivity index (χ2v) is 8.43. The lowest BCUT2D eigenvalue weighted by atomic mass is 10.2. The summed E-state index contributed by atoms with van der Waals surface area (Å²) >= 11 is 12.5. The first-order valence-electron chi connectivity index (χ1n) is 8.92. The molecule has 0 radical (unpaired) electrons. The molecule has 0 bridgehead atoms. The molecule has 0 aliphatic carbocycles. The van der Waals surface area contributed by atoms with Crippen molar-refractivity contribution in [3.05, 3.63) is 99.9 Å². The third-order valence-electron chi connectivity index (χ3n) is 4.28. The van der Waals surface area contributed by atoms with Gasteiger partial charge in [0.15, 0.2) is 4.32 Å². The van der Waals surface area contributed by atoms with Gasteiger partial charge in [0.25, 0.3) is 5.91 Å². The normalized spacial score (nSPS) is 15.0. The molecule has 1 aliphatic rings. The predicted molar refractivity (Wildman–Crippen MR) is 125 cm³/mol. The number of amides is 1. The highest BCUT2D eigenvalue weighted by atomic mass is 35.5. The van der Waals surface area contributed by atoms with Crippen molar-refractivity contribution in [2.45, 2.75) is 0 Å². The highest BCUT2D eigenvalue weighted by Crippen LogP contribution is 2.36. The number of thiocarbonyl (C=S) groups is 1. The number of anilines is 1. The molecule has 7 heteroatoms. The zero-order valence-electron chi connectivity index (χ0n) is 15.4. The molecule has 1 aliphatic heterocycles. The third kappa shape index (κ3) is 4.46. The Labute approximate surface area is 188 Å². The number of benzene rings is 3. The molecular weight excluding hydrogens is 438 g/mol. The number of carbonyl (C=O) groups excluding carboxylic acids is 2. The van der Waals surface area contributed by atoms with Crippen molar-refractivity contribution >= 4 is 63.5 Å². The van der Waals surface area contributed by atoms with Crippen LogP contribution in [0.15, 0.2) is 83.8 Å². The van der Waals surface area contributed by atoms with Gasteiger partial charge in [-0.1, -0.05) is 65.9 Å². The van der Waals surface area contributed by atoms with Crippen molar-refractivity contribution in [2.24, 2.45) is 0 Å². The van der Waals surface area contributed by atoms with E-state index in [2.05, 4.69) is 0 Å². The van der Waals surface area contributed by atoms with E-state index >= 15 is 0 Å². The molecule has 3 aromatic rings. The Morgan fingerprint density at radius 2 is 1.63 bits per heavy atom. The Hall–Kier alpha value is -2.93. The molecular formula is C23H14ClNO3S2. The maximum Gasteiger partial charge on any atom is 0.343 e. The molecule has 0 aromatic heterocycles. The van der Waals surface area contributed by atoms with Crippen molar-refractivity contribution in [3.8, 4) is 5.75 Å². The van der Waals surface area contributed by atoms with E-state index in [1.807, 2.05) is 30.3 Å². The number of halogens is 1. The van der Waals surface area contributed by atoms with E-state index in [0.29, 0.717) is 25.6 Å². The van der Waals surface area contributed by atoms with Gasteiger partial charge in [0.1, 0.15) is 5.75 Å². The molecule has 1 amide bonds. The number of nitrogens with zero attached hydrogens (tertiary/aromatic N) is 1. The first kappa shape index (κ1) is 20.3. The molecule has 1 fully saturated rings. The second kappa shape index (κ2) is 8.83. The molecule has 1 heterocycles. The fraction of sp³-hybridized carbons (Fsp3) is 0. The standard InChI is InChI=1S/C23H14ClNO3S2/c24-17-10-8-16(9-11-17)22(27)28-19-12-6-15(7-13-19)14-20-21(26)25(23(29)30-20)18-4-2-1-3-5-18/h1-14H/b20-14+. The van der Waals surface area contributed by atoms with Crippen molar-refractivity contribution in [2.75, 3.05) is 4.90 Å². The maximum absolute atomic E-state index is 12.8. The average Bonchev–Trinajstić information content (AvgIpc) is 3.03. The van der Waals surface area contributed by atoms with Gasteiger partial charge < -0.3 is 4.74 Å². The highest BCUT2D eigenvalue weighted by molar-refractivity contribution is 8.27. The Kier molecular flexibility index (Phi) is 5.99. The minimum Gasteiger partial charge on any atom is -0.423 e. The lowest BCUT2D eigenvalue weighted by molar-refractivity contribution is -0.113. The van der Waals surface area contributed by atoms with Crippen LogP contribution < -0.4 is 9.64 Å². The van der Waals surface area contributed by atoms with E-state index < -0.39 is 5.97 Å². The van der Waals surface area contributed by atoms with Crippen molar-refractivity contribution in [1.82, 2.24) is 0 Å². The SMILES string of the molecule is O=C(Oc1ccc(/C=C2/SC(=S)N(c3ccccc3)C2=O)cc1)c1ccc(Cl)cc1. The highest BCUT2D eigenvalue weighted by Gasteiger charge is 2.33. The zero-order valence-corrected chi connectivity index (χ0v) is 17.8. The van der Waals surface area contributed by atoms with Crippen LogP contribution in [-0.4, -0.2) is 16.2 Å². The summed E-state index contributed by atoms with van der Waals surface area (Å²) in [4.78, 5) is 27.0. The van der Waals surface area contributed by atoms with Gasteiger partial charge >= 0.3 is 5.97 Å². The minimum absolute atomic E-state index is 0.158. The molecule has 1 saturated heterocycles. The summed E-state index contributed by atoms with van der Waals surface area (Å²) in [5.41, 5.74) is 1.95. The minimum atomic E-state index is -0.469. The molecule has 4 nitrogen and oxygen atoms in total. The van der Waals surface area contributed by atoms with Gasteiger partial charge in [-0.25, -0.2) is 4.79 Å². The van der Waals surface area contributed by atoms with E-state index in [0.717, 1.165) is 11.3 Å². The smallest absolute Gasteiger partial charge is 0.343 e. The fourth-order valence-electron chi connectivity index (χ4n) is 2.80. The Bertz CT molecular complexity index is 1140. The quantitative estimate of drug-likeness (QED) is 0.212. The van der Waals surface area contributed by atoms with E-state index in [1.54, 1.807) is 54.6 Å². The summed E-state index contributed by atoms with van der Waals surface area (Å²) in [6, 6.07) is 22.7. The summed E-state index contributed by atoms with van der Waals surface area (Å²) < 4.78 is 5.87. The van der Waals surface area contributed by atoms with Crippen LogP contribution in [0.1, 0.15) is 15.9 Å². The molecule has 30 heavy (non-hydrogen) atoms. The van der Waals surface area contributed by atoms with Crippen LogP contribution in [0.25, 0.3) is 6.08 Å². The van der Waals surface area contributed by atoms with E-state index in [1.165, 1.54) is 16.7 Å². The van der Waals surface area contributed by atoms with Crippen LogP contribution >= 0.6 is 35.6 Å². The average molecular weight is 452 g/mol. The summed E-state index contributed by atoms with van der Waals surface area (Å²) in [6.07, 6.45) is 1.77. The summed E-state index contributed by atoms with van der Waals surface area (Å²) in [7, 11) is 0. The van der Waals surface area contributed by atoms with Crippen LogP contribution in [-0.2, 0) is 4.79 Å². The van der Waals surface area contributed by atoms with E-state index in [4.69, 9.17) is 28.6 Å². The Morgan fingerprint density at radius 1 is 0.967 bits per heavy atom.